The zero-order chi connectivity index (χ0) is 16.8. The maximum atomic E-state index is 11.7. The van der Waals surface area contributed by atoms with Gasteiger partial charge in [-0.2, -0.15) is 0 Å². The first-order valence-corrected chi connectivity index (χ1v) is 6.90. The molecular formula is C13H21NO8. The lowest BCUT2D eigenvalue weighted by Gasteiger charge is -2.32. The van der Waals surface area contributed by atoms with Gasteiger partial charge in [-0.25, -0.2) is 0 Å². The van der Waals surface area contributed by atoms with Crippen molar-refractivity contribution in [1.82, 2.24) is 4.90 Å². The van der Waals surface area contributed by atoms with Crippen LogP contribution in [0.25, 0.3) is 0 Å². The number of carboxylic acid groups (broad SMARTS) is 1. The van der Waals surface area contributed by atoms with E-state index in [-0.39, 0.29) is 32.3 Å². The molecule has 0 aromatic heterocycles. The van der Waals surface area contributed by atoms with Gasteiger partial charge in [0.2, 0.25) is 11.8 Å². The average Bonchev–Trinajstić information content (AvgIpc) is 2.83. The average molecular weight is 319 g/mol. The largest absolute Gasteiger partial charge is 0.481 e. The van der Waals surface area contributed by atoms with E-state index in [2.05, 4.69) is 0 Å². The summed E-state index contributed by atoms with van der Waals surface area (Å²) in [5, 5.41) is 36.4. The lowest BCUT2D eigenvalue weighted by molar-refractivity contribution is -0.164. The number of aliphatic carboxylic acids is 1. The summed E-state index contributed by atoms with van der Waals surface area (Å²) in [6.45, 7) is -2.01. The van der Waals surface area contributed by atoms with Crippen molar-refractivity contribution in [2.24, 2.45) is 5.41 Å². The standard InChI is InChI=1S/C13H21NO8/c15-5-13(6-16,7-17)8-22-11(3-4-12(20)21)14-9(18)1-2-10(14)19/h11,15-17H,1-8H2,(H,20,21)/t11-/m0/s1. The molecule has 1 rings (SSSR count). The Hall–Kier alpha value is -1.55. The summed E-state index contributed by atoms with van der Waals surface area (Å²) in [6.07, 6.45) is -1.44. The van der Waals surface area contributed by atoms with Gasteiger partial charge in [0.1, 0.15) is 6.23 Å². The molecule has 1 aliphatic heterocycles. The van der Waals surface area contributed by atoms with E-state index in [9.17, 15) is 29.7 Å². The summed E-state index contributed by atoms with van der Waals surface area (Å²) in [6, 6.07) is 0. The number of carbonyl (C=O) groups is 3. The number of aliphatic hydroxyl groups is 3. The maximum absolute atomic E-state index is 11.7. The minimum Gasteiger partial charge on any atom is -0.481 e. The van der Waals surface area contributed by atoms with Crippen LogP contribution in [-0.4, -0.2) is 75.8 Å². The number of carbonyl (C=O) groups excluding carboxylic acids is 2. The lowest BCUT2D eigenvalue weighted by atomic mass is 9.92. The Balaban J connectivity index is 2.79. The summed E-state index contributed by atoms with van der Waals surface area (Å²) >= 11 is 0. The smallest absolute Gasteiger partial charge is 0.303 e. The van der Waals surface area contributed by atoms with E-state index in [0.717, 1.165) is 4.90 Å². The Morgan fingerprint density at radius 3 is 2.05 bits per heavy atom. The number of carboxylic acids is 1. The van der Waals surface area contributed by atoms with Gasteiger partial charge in [-0.15, -0.1) is 0 Å². The molecule has 9 heteroatoms. The predicted octanol–water partition coefficient (Wildman–Crippen LogP) is -1.69. The number of hydrogen-bond donors (Lipinski definition) is 4. The molecule has 0 radical (unpaired) electrons. The summed E-state index contributed by atoms with van der Waals surface area (Å²) in [4.78, 5) is 35.0. The Bertz CT molecular complexity index is 396. The molecule has 0 aliphatic carbocycles. The zero-order valence-corrected chi connectivity index (χ0v) is 12.1. The Labute approximate surface area is 127 Å². The Kier molecular flexibility index (Phi) is 6.88. The minimum absolute atomic E-state index is 0.0386. The minimum atomic E-state index is -1.33. The first-order chi connectivity index (χ1) is 10.4. The molecule has 2 amide bonds. The van der Waals surface area contributed by atoms with Crippen molar-refractivity contribution in [3.63, 3.8) is 0 Å². The number of nitrogens with zero attached hydrogens (tertiary/aromatic N) is 1. The lowest BCUT2D eigenvalue weighted by Crippen LogP contribution is -2.46. The molecule has 9 nitrogen and oxygen atoms in total. The molecule has 1 fully saturated rings. The number of hydrogen-bond acceptors (Lipinski definition) is 7. The number of likely N-dealkylation sites (tertiary alicyclic amines) is 1. The Morgan fingerprint density at radius 2 is 1.64 bits per heavy atom. The van der Waals surface area contributed by atoms with Crippen LogP contribution in [0.4, 0.5) is 0 Å². The van der Waals surface area contributed by atoms with Crippen LogP contribution in [0.2, 0.25) is 0 Å². The molecule has 0 spiro atoms. The van der Waals surface area contributed by atoms with Crippen LogP contribution in [-0.2, 0) is 19.1 Å². The van der Waals surface area contributed by atoms with E-state index in [1.54, 1.807) is 0 Å². The van der Waals surface area contributed by atoms with Crippen LogP contribution < -0.4 is 0 Å². The van der Waals surface area contributed by atoms with Crippen LogP contribution in [0.3, 0.4) is 0 Å². The molecule has 126 valence electrons. The summed E-state index contributed by atoms with van der Waals surface area (Å²) in [5.74, 6) is -2.02. The molecule has 1 aliphatic rings. The van der Waals surface area contributed by atoms with E-state index < -0.39 is 49.2 Å². The fourth-order valence-electron chi connectivity index (χ4n) is 2.01. The van der Waals surface area contributed by atoms with Crippen molar-refractivity contribution in [3.05, 3.63) is 0 Å². The molecule has 0 bridgehead atoms. The van der Waals surface area contributed by atoms with E-state index in [1.807, 2.05) is 0 Å². The molecular weight excluding hydrogens is 298 g/mol. The molecule has 1 saturated heterocycles. The van der Waals surface area contributed by atoms with Gasteiger partial charge in [0, 0.05) is 25.7 Å². The number of rotatable bonds is 10. The van der Waals surface area contributed by atoms with E-state index in [0.29, 0.717) is 0 Å². The molecule has 0 aromatic rings. The van der Waals surface area contributed by atoms with Crippen LogP contribution in [0.5, 0.6) is 0 Å². The van der Waals surface area contributed by atoms with Crippen molar-refractivity contribution in [2.45, 2.75) is 31.9 Å². The monoisotopic (exact) mass is 319 g/mol. The normalized spacial score (nSPS) is 17.1. The SMILES string of the molecule is O=C(O)CC[C@H](OCC(CO)(CO)CO)N1C(=O)CCC1=O. The molecule has 1 atom stereocenters. The van der Waals surface area contributed by atoms with Crippen molar-refractivity contribution in [2.75, 3.05) is 26.4 Å². The second-order valence-corrected chi connectivity index (χ2v) is 5.33. The molecule has 0 saturated carbocycles. The van der Waals surface area contributed by atoms with Crippen LogP contribution in [0, 0.1) is 5.41 Å². The molecule has 0 aromatic carbocycles. The highest BCUT2D eigenvalue weighted by atomic mass is 16.5. The number of ether oxygens (including phenoxy) is 1. The van der Waals surface area contributed by atoms with Crippen LogP contribution in [0.15, 0.2) is 0 Å². The maximum Gasteiger partial charge on any atom is 0.303 e. The summed E-state index contributed by atoms with van der Waals surface area (Å²) in [7, 11) is 0. The van der Waals surface area contributed by atoms with Crippen molar-refractivity contribution in [1.29, 1.82) is 0 Å². The van der Waals surface area contributed by atoms with Gasteiger partial charge in [-0.3, -0.25) is 19.3 Å². The number of imide groups is 1. The van der Waals surface area contributed by atoms with Gasteiger partial charge in [0.05, 0.1) is 31.8 Å². The third-order valence-electron chi connectivity index (χ3n) is 3.57. The van der Waals surface area contributed by atoms with Crippen molar-refractivity contribution >= 4 is 17.8 Å². The van der Waals surface area contributed by atoms with Crippen LogP contribution in [0.1, 0.15) is 25.7 Å². The first kappa shape index (κ1) is 18.5. The third-order valence-corrected chi connectivity index (χ3v) is 3.57. The first-order valence-electron chi connectivity index (χ1n) is 6.90. The van der Waals surface area contributed by atoms with Gasteiger partial charge in [-0.1, -0.05) is 0 Å². The fourth-order valence-corrected chi connectivity index (χ4v) is 2.01. The van der Waals surface area contributed by atoms with Gasteiger partial charge in [-0.05, 0) is 0 Å². The van der Waals surface area contributed by atoms with Gasteiger partial charge < -0.3 is 25.2 Å². The summed E-state index contributed by atoms with van der Waals surface area (Å²) < 4.78 is 5.40. The quantitative estimate of drug-likeness (QED) is 0.349. The van der Waals surface area contributed by atoms with Crippen molar-refractivity contribution in [3.8, 4) is 0 Å². The van der Waals surface area contributed by atoms with E-state index in [1.165, 1.54) is 0 Å². The molecule has 4 N–H and O–H groups in total. The zero-order valence-electron chi connectivity index (χ0n) is 12.1. The number of aliphatic hydroxyl groups excluding tert-OH is 3. The highest BCUT2D eigenvalue weighted by Crippen LogP contribution is 2.23. The second kappa shape index (κ2) is 8.18. The van der Waals surface area contributed by atoms with Crippen LogP contribution >= 0.6 is 0 Å². The van der Waals surface area contributed by atoms with Gasteiger partial charge in [0.15, 0.2) is 0 Å². The van der Waals surface area contributed by atoms with E-state index in [4.69, 9.17) is 9.84 Å². The summed E-state index contributed by atoms with van der Waals surface area (Å²) in [5.41, 5.74) is -1.33. The Morgan fingerprint density at radius 1 is 1.14 bits per heavy atom. The van der Waals surface area contributed by atoms with E-state index >= 15 is 0 Å². The predicted molar refractivity (Wildman–Crippen MR) is 71.4 cm³/mol. The van der Waals surface area contributed by atoms with Crippen molar-refractivity contribution < 1.29 is 39.5 Å². The second-order valence-electron chi connectivity index (χ2n) is 5.33. The third kappa shape index (κ3) is 4.47. The molecule has 1 heterocycles. The molecule has 0 unspecified atom stereocenters. The van der Waals surface area contributed by atoms with Gasteiger partial charge in [0.25, 0.3) is 0 Å². The molecule has 22 heavy (non-hydrogen) atoms. The van der Waals surface area contributed by atoms with Gasteiger partial charge >= 0.3 is 5.97 Å². The topological polar surface area (TPSA) is 145 Å². The number of amides is 2. The fraction of sp³-hybridized carbons (Fsp3) is 0.769. The highest BCUT2D eigenvalue weighted by Gasteiger charge is 2.38. The highest BCUT2D eigenvalue weighted by molar-refractivity contribution is 6.02.